The summed E-state index contributed by atoms with van der Waals surface area (Å²) in [5, 5.41) is 12.9. The van der Waals surface area contributed by atoms with E-state index in [0.717, 1.165) is 12.8 Å². The molecule has 0 saturated heterocycles. The van der Waals surface area contributed by atoms with Gasteiger partial charge < -0.3 is 10.4 Å². The van der Waals surface area contributed by atoms with Crippen LogP contribution in [-0.2, 0) is 0 Å². The van der Waals surface area contributed by atoms with Crippen molar-refractivity contribution in [3.63, 3.8) is 0 Å². The predicted octanol–water partition coefficient (Wildman–Crippen LogP) is 2.81. The van der Waals surface area contributed by atoms with Gasteiger partial charge in [-0.15, -0.1) is 0 Å². The molecule has 3 heteroatoms. The third-order valence-corrected chi connectivity index (χ3v) is 4.79. The Labute approximate surface area is 111 Å². The Morgan fingerprint density at radius 1 is 1.06 bits per heavy atom. The third-order valence-electron chi connectivity index (χ3n) is 4.07. The molecule has 0 heterocycles. The van der Waals surface area contributed by atoms with Crippen molar-refractivity contribution in [2.45, 2.75) is 49.8 Å². The molecule has 0 amide bonds. The second kappa shape index (κ2) is 4.71. The minimum atomic E-state index is -0.0494. The number of benzene rings is 1. The number of aliphatic hydroxyl groups is 1. The summed E-state index contributed by atoms with van der Waals surface area (Å²) in [7, 11) is 0. The number of halogens is 1. The van der Waals surface area contributed by atoms with Crippen LogP contribution in [0.5, 0.6) is 0 Å². The van der Waals surface area contributed by atoms with Crippen LogP contribution in [0.15, 0.2) is 28.7 Å². The molecule has 2 aliphatic carbocycles. The zero-order valence-electron chi connectivity index (χ0n) is 9.77. The standard InChI is InChI=1S/C14H18BrNO/c15-14-4-2-1-3-13(14)9-5-10(6-9)16-11-7-12(17)8-11/h1-4,9-12,16-17H,5-8H2. The van der Waals surface area contributed by atoms with E-state index in [9.17, 15) is 5.11 Å². The van der Waals surface area contributed by atoms with Gasteiger partial charge in [0.25, 0.3) is 0 Å². The van der Waals surface area contributed by atoms with Gasteiger partial charge in [0.1, 0.15) is 0 Å². The van der Waals surface area contributed by atoms with Crippen LogP contribution in [0.25, 0.3) is 0 Å². The van der Waals surface area contributed by atoms with Gasteiger partial charge in [-0.25, -0.2) is 0 Å². The molecule has 0 radical (unpaired) electrons. The van der Waals surface area contributed by atoms with Crippen molar-refractivity contribution in [1.82, 2.24) is 5.32 Å². The van der Waals surface area contributed by atoms with Gasteiger partial charge in [-0.1, -0.05) is 34.1 Å². The first-order valence-electron chi connectivity index (χ1n) is 6.41. The summed E-state index contributed by atoms with van der Waals surface area (Å²) >= 11 is 3.62. The van der Waals surface area contributed by atoms with Crippen LogP contribution in [0.3, 0.4) is 0 Å². The largest absolute Gasteiger partial charge is 0.393 e. The Balaban J connectivity index is 1.50. The number of hydrogen-bond acceptors (Lipinski definition) is 2. The van der Waals surface area contributed by atoms with E-state index in [4.69, 9.17) is 0 Å². The molecule has 2 N–H and O–H groups in total. The van der Waals surface area contributed by atoms with E-state index in [0.29, 0.717) is 18.0 Å². The summed E-state index contributed by atoms with van der Waals surface area (Å²) in [5.41, 5.74) is 1.44. The van der Waals surface area contributed by atoms with Crippen molar-refractivity contribution in [1.29, 1.82) is 0 Å². The molecule has 0 bridgehead atoms. The first kappa shape index (κ1) is 11.7. The Bertz CT molecular complexity index is 397. The van der Waals surface area contributed by atoms with Crippen molar-refractivity contribution in [2.75, 3.05) is 0 Å². The summed E-state index contributed by atoms with van der Waals surface area (Å²) in [6.07, 6.45) is 4.29. The van der Waals surface area contributed by atoms with E-state index >= 15 is 0 Å². The molecule has 2 nitrogen and oxygen atoms in total. The van der Waals surface area contributed by atoms with Crippen LogP contribution in [0.1, 0.15) is 37.2 Å². The first-order chi connectivity index (χ1) is 8.22. The maximum atomic E-state index is 9.24. The number of rotatable bonds is 3. The SMILES string of the molecule is OC1CC(NC2CC(c3ccccc3Br)C2)C1. The van der Waals surface area contributed by atoms with Gasteiger partial charge in [0.2, 0.25) is 0 Å². The smallest absolute Gasteiger partial charge is 0.0570 e. The lowest BCUT2D eigenvalue weighted by molar-refractivity contribution is 0.0505. The van der Waals surface area contributed by atoms with E-state index in [1.807, 2.05) is 0 Å². The van der Waals surface area contributed by atoms with Gasteiger partial charge in [0.05, 0.1) is 6.10 Å². The monoisotopic (exact) mass is 295 g/mol. The van der Waals surface area contributed by atoms with Crippen molar-refractivity contribution < 1.29 is 5.11 Å². The number of hydrogen-bond donors (Lipinski definition) is 2. The van der Waals surface area contributed by atoms with Crippen molar-refractivity contribution in [3.8, 4) is 0 Å². The molecular weight excluding hydrogens is 278 g/mol. The predicted molar refractivity (Wildman–Crippen MR) is 72.1 cm³/mol. The fraction of sp³-hybridized carbons (Fsp3) is 0.571. The highest BCUT2D eigenvalue weighted by molar-refractivity contribution is 9.10. The summed E-state index contributed by atoms with van der Waals surface area (Å²) in [4.78, 5) is 0. The Morgan fingerprint density at radius 3 is 2.35 bits per heavy atom. The van der Waals surface area contributed by atoms with Gasteiger partial charge in [-0.05, 0) is 43.2 Å². The zero-order chi connectivity index (χ0) is 11.8. The lowest BCUT2D eigenvalue weighted by Crippen LogP contribution is -2.52. The van der Waals surface area contributed by atoms with Gasteiger partial charge in [-0.3, -0.25) is 0 Å². The van der Waals surface area contributed by atoms with Crippen LogP contribution >= 0.6 is 15.9 Å². The molecular formula is C14H18BrNO. The van der Waals surface area contributed by atoms with Crippen LogP contribution in [0, 0.1) is 0 Å². The molecule has 1 aromatic rings. The van der Waals surface area contributed by atoms with Crippen LogP contribution in [-0.4, -0.2) is 23.3 Å². The summed E-state index contributed by atoms with van der Waals surface area (Å²) < 4.78 is 1.24. The second-order valence-electron chi connectivity index (χ2n) is 5.38. The molecule has 3 rings (SSSR count). The lowest BCUT2D eigenvalue weighted by atomic mass is 9.74. The van der Waals surface area contributed by atoms with E-state index in [2.05, 4.69) is 45.5 Å². The fourth-order valence-electron chi connectivity index (χ4n) is 2.87. The average Bonchev–Trinajstić information content (AvgIpc) is 2.21. The minimum absolute atomic E-state index is 0.0494. The van der Waals surface area contributed by atoms with Crippen molar-refractivity contribution in [3.05, 3.63) is 34.3 Å². The highest BCUT2D eigenvalue weighted by Crippen LogP contribution is 2.40. The Kier molecular flexibility index (Phi) is 3.24. The summed E-state index contributed by atoms with van der Waals surface area (Å²) in [5.74, 6) is 0.702. The topological polar surface area (TPSA) is 32.3 Å². The van der Waals surface area contributed by atoms with Crippen LogP contribution < -0.4 is 5.32 Å². The highest BCUT2D eigenvalue weighted by Gasteiger charge is 2.35. The Hall–Kier alpha value is -0.380. The van der Waals surface area contributed by atoms with Gasteiger partial charge in [0.15, 0.2) is 0 Å². The molecule has 1 aromatic carbocycles. The second-order valence-corrected chi connectivity index (χ2v) is 6.23. The first-order valence-corrected chi connectivity index (χ1v) is 7.20. The van der Waals surface area contributed by atoms with Gasteiger partial charge in [-0.2, -0.15) is 0 Å². The number of nitrogens with one attached hydrogen (secondary N) is 1. The van der Waals surface area contributed by atoms with Gasteiger partial charge in [0, 0.05) is 16.6 Å². The molecule has 2 fully saturated rings. The minimum Gasteiger partial charge on any atom is -0.393 e. The molecule has 0 aliphatic heterocycles. The quantitative estimate of drug-likeness (QED) is 0.899. The molecule has 0 atom stereocenters. The lowest BCUT2D eigenvalue weighted by Gasteiger charge is -2.42. The summed E-state index contributed by atoms with van der Waals surface area (Å²) in [6.45, 7) is 0. The normalized spacial score (nSPS) is 36.1. The maximum absolute atomic E-state index is 9.24. The number of aliphatic hydroxyl groups excluding tert-OH is 1. The van der Waals surface area contributed by atoms with Crippen LogP contribution in [0.2, 0.25) is 0 Å². The fourth-order valence-corrected chi connectivity index (χ4v) is 3.48. The molecule has 17 heavy (non-hydrogen) atoms. The third kappa shape index (κ3) is 2.42. The molecule has 2 aliphatic rings. The highest BCUT2D eigenvalue weighted by atomic mass is 79.9. The van der Waals surface area contributed by atoms with Crippen LogP contribution in [0.4, 0.5) is 0 Å². The molecule has 0 spiro atoms. The molecule has 0 aromatic heterocycles. The zero-order valence-corrected chi connectivity index (χ0v) is 11.4. The Morgan fingerprint density at radius 2 is 1.71 bits per heavy atom. The van der Waals surface area contributed by atoms with E-state index in [1.54, 1.807) is 0 Å². The van der Waals surface area contributed by atoms with Crippen molar-refractivity contribution >= 4 is 15.9 Å². The summed E-state index contributed by atoms with van der Waals surface area (Å²) in [6, 6.07) is 9.75. The van der Waals surface area contributed by atoms with E-state index in [1.165, 1.54) is 22.9 Å². The van der Waals surface area contributed by atoms with Crippen molar-refractivity contribution in [2.24, 2.45) is 0 Å². The molecule has 92 valence electrons. The average molecular weight is 296 g/mol. The van der Waals surface area contributed by atoms with Gasteiger partial charge >= 0.3 is 0 Å². The maximum Gasteiger partial charge on any atom is 0.0570 e. The molecule has 0 unspecified atom stereocenters. The molecule has 2 saturated carbocycles. The van der Waals surface area contributed by atoms with E-state index < -0.39 is 0 Å². The van der Waals surface area contributed by atoms with E-state index in [-0.39, 0.29) is 6.10 Å².